The highest BCUT2D eigenvalue weighted by Gasteiger charge is 2.39. The molecule has 2 unspecified atom stereocenters. The first-order valence-corrected chi connectivity index (χ1v) is 9.69. The van der Waals surface area contributed by atoms with Gasteiger partial charge in [-0.05, 0) is 38.3 Å². The third-order valence-corrected chi connectivity index (χ3v) is 6.65. The molecule has 0 N–H and O–H groups in total. The van der Waals surface area contributed by atoms with Crippen LogP contribution in [0.3, 0.4) is 0 Å². The predicted molar refractivity (Wildman–Crippen MR) is 92.4 cm³/mol. The minimum Gasteiger partial charge on any atom is -0.422 e. The summed E-state index contributed by atoms with van der Waals surface area (Å²) < 4.78 is 35.8. The second-order valence-electron chi connectivity index (χ2n) is 7.06. The summed E-state index contributed by atoms with van der Waals surface area (Å²) in [6.45, 7) is 12.0. The largest absolute Gasteiger partial charge is 0.422 e. The third kappa shape index (κ3) is 4.65. The lowest BCUT2D eigenvalue weighted by atomic mass is 9.75. The van der Waals surface area contributed by atoms with E-state index in [9.17, 15) is 8.42 Å². The van der Waals surface area contributed by atoms with Gasteiger partial charge in [0, 0.05) is 6.42 Å². The molecule has 0 saturated carbocycles. The van der Waals surface area contributed by atoms with Crippen molar-refractivity contribution in [1.29, 1.82) is 0 Å². The van der Waals surface area contributed by atoms with Crippen molar-refractivity contribution >= 4 is 20.6 Å². The molecular formula is C16H28O4SSi. The first-order valence-electron chi connectivity index (χ1n) is 7.46. The number of aryl methyl sites for hydroxylation is 1. The van der Waals surface area contributed by atoms with Crippen LogP contribution in [0.5, 0.6) is 0 Å². The van der Waals surface area contributed by atoms with Gasteiger partial charge in [-0.25, -0.2) is 0 Å². The molecule has 0 amide bonds. The molecule has 0 saturated heterocycles. The summed E-state index contributed by atoms with van der Waals surface area (Å²) >= 11 is 0. The van der Waals surface area contributed by atoms with E-state index in [-0.39, 0.29) is 10.3 Å². The summed E-state index contributed by atoms with van der Waals surface area (Å²) in [5.74, 6) is 0. The molecule has 22 heavy (non-hydrogen) atoms. The Balaban J connectivity index is 2.88. The minimum atomic E-state index is -3.75. The lowest BCUT2D eigenvalue weighted by Gasteiger charge is -2.42. The maximum Gasteiger partial charge on any atom is 0.297 e. The zero-order valence-electron chi connectivity index (χ0n) is 14.6. The summed E-state index contributed by atoms with van der Waals surface area (Å²) in [6, 6.07) is 6.68. The molecule has 0 aromatic heterocycles. The molecule has 0 aliphatic heterocycles. The van der Waals surface area contributed by atoms with Crippen molar-refractivity contribution < 1.29 is 17.0 Å². The van der Waals surface area contributed by atoms with E-state index >= 15 is 0 Å². The quantitative estimate of drug-likeness (QED) is 0.588. The van der Waals surface area contributed by atoms with Gasteiger partial charge in [0.25, 0.3) is 10.1 Å². The second kappa shape index (κ2) is 6.82. The Morgan fingerprint density at radius 2 is 1.64 bits per heavy atom. The number of rotatable bonds is 6. The van der Waals surface area contributed by atoms with Crippen LogP contribution in [-0.2, 0) is 18.7 Å². The van der Waals surface area contributed by atoms with Crippen molar-refractivity contribution in [3.8, 4) is 0 Å². The third-order valence-electron chi connectivity index (χ3n) is 4.31. The van der Waals surface area contributed by atoms with Crippen LogP contribution in [0, 0.1) is 12.3 Å². The van der Waals surface area contributed by atoms with E-state index in [0.717, 1.165) is 5.56 Å². The minimum absolute atomic E-state index is 0.0972. The van der Waals surface area contributed by atoms with Crippen molar-refractivity contribution in [2.24, 2.45) is 5.41 Å². The highest BCUT2D eigenvalue weighted by molar-refractivity contribution is 7.86. The monoisotopic (exact) mass is 344 g/mol. The van der Waals surface area contributed by atoms with Crippen molar-refractivity contribution in [3.63, 3.8) is 0 Å². The summed E-state index contributed by atoms with van der Waals surface area (Å²) in [7, 11) is -3.15. The van der Waals surface area contributed by atoms with Gasteiger partial charge in [0.1, 0.15) is 10.5 Å². The summed E-state index contributed by atoms with van der Waals surface area (Å²) in [5.41, 5.74) is 0.498. The average Bonchev–Trinajstić information content (AvgIpc) is 2.36. The standard InChI is InChI=1S/C16H28O4SSi/c1-12-7-9-14(10-8-12)21(17,18)19-13(2)11-16(6,20-22)15(3,4)5/h7-10,13H,11H2,1-6,22H3. The molecule has 1 rings (SSSR count). The molecule has 1 aromatic rings. The van der Waals surface area contributed by atoms with Crippen LogP contribution in [0.25, 0.3) is 0 Å². The zero-order valence-corrected chi connectivity index (χ0v) is 17.5. The predicted octanol–water partition coefficient (Wildman–Crippen LogP) is 2.58. The summed E-state index contributed by atoms with van der Waals surface area (Å²) in [4.78, 5) is 0.189. The molecule has 1 aromatic carbocycles. The van der Waals surface area contributed by atoms with Crippen molar-refractivity contribution in [2.45, 2.75) is 64.6 Å². The number of hydrogen-bond acceptors (Lipinski definition) is 4. The van der Waals surface area contributed by atoms with Gasteiger partial charge in [-0.15, -0.1) is 0 Å². The van der Waals surface area contributed by atoms with Crippen LogP contribution in [0.15, 0.2) is 29.2 Å². The van der Waals surface area contributed by atoms with Crippen LogP contribution < -0.4 is 0 Å². The van der Waals surface area contributed by atoms with Crippen LogP contribution >= 0.6 is 0 Å². The van der Waals surface area contributed by atoms with Crippen molar-refractivity contribution in [3.05, 3.63) is 29.8 Å². The lowest BCUT2D eigenvalue weighted by Crippen LogP contribution is -2.45. The normalized spacial score (nSPS) is 17.2. The van der Waals surface area contributed by atoms with E-state index in [0.29, 0.717) is 16.9 Å². The molecule has 126 valence electrons. The second-order valence-corrected chi connectivity index (χ2v) is 9.04. The molecule has 0 spiro atoms. The van der Waals surface area contributed by atoms with E-state index < -0.39 is 21.8 Å². The van der Waals surface area contributed by atoms with E-state index in [1.807, 2.05) is 13.8 Å². The van der Waals surface area contributed by atoms with E-state index in [1.54, 1.807) is 31.2 Å². The first kappa shape index (κ1) is 19.4. The fourth-order valence-corrected chi connectivity index (χ4v) is 4.12. The molecular weight excluding hydrogens is 316 g/mol. The van der Waals surface area contributed by atoms with Gasteiger partial charge in [-0.3, -0.25) is 4.18 Å². The number of benzene rings is 1. The van der Waals surface area contributed by atoms with Gasteiger partial charge in [0.15, 0.2) is 0 Å². The lowest BCUT2D eigenvalue weighted by molar-refractivity contribution is -0.0397. The maximum absolute atomic E-state index is 12.3. The Morgan fingerprint density at radius 1 is 1.14 bits per heavy atom. The Labute approximate surface area is 137 Å². The van der Waals surface area contributed by atoms with Gasteiger partial charge >= 0.3 is 0 Å². The van der Waals surface area contributed by atoms with Crippen molar-refractivity contribution in [1.82, 2.24) is 0 Å². The van der Waals surface area contributed by atoms with E-state index in [1.165, 1.54) is 0 Å². The molecule has 0 bridgehead atoms. The Bertz CT molecular complexity index is 590. The Kier molecular flexibility index (Phi) is 6.00. The van der Waals surface area contributed by atoms with Gasteiger partial charge < -0.3 is 4.43 Å². The van der Waals surface area contributed by atoms with E-state index in [2.05, 4.69) is 20.8 Å². The molecule has 0 aliphatic rings. The molecule has 0 aliphatic carbocycles. The fourth-order valence-electron chi connectivity index (χ4n) is 2.26. The molecule has 4 nitrogen and oxygen atoms in total. The van der Waals surface area contributed by atoms with Crippen molar-refractivity contribution in [2.75, 3.05) is 0 Å². The van der Waals surface area contributed by atoms with Crippen LogP contribution in [-0.4, -0.2) is 30.6 Å². The van der Waals surface area contributed by atoms with Crippen LogP contribution in [0.4, 0.5) is 0 Å². The van der Waals surface area contributed by atoms with Crippen LogP contribution in [0.1, 0.15) is 46.6 Å². The number of hydrogen-bond donors (Lipinski definition) is 0. The molecule has 0 heterocycles. The van der Waals surface area contributed by atoms with Gasteiger partial charge in [0.05, 0.1) is 16.6 Å². The summed E-state index contributed by atoms with van der Waals surface area (Å²) in [6.07, 6.45) is 0.0648. The Morgan fingerprint density at radius 3 is 2.05 bits per heavy atom. The first-order chi connectivity index (χ1) is 9.91. The average molecular weight is 345 g/mol. The topological polar surface area (TPSA) is 52.6 Å². The van der Waals surface area contributed by atoms with Gasteiger partial charge in [-0.2, -0.15) is 8.42 Å². The highest BCUT2D eigenvalue weighted by Crippen LogP contribution is 2.37. The smallest absolute Gasteiger partial charge is 0.297 e. The maximum atomic E-state index is 12.3. The molecule has 2 atom stereocenters. The SMILES string of the molecule is Cc1ccc(S(=O)(=O)OC(C)CC(C)(O[SiH3])C(C)(C)C)cc1. The van der Waals surface area contributed by atoms with E-state index in [4.69, 9.17) is 8.61 Å². The molecule has 6 heteroatoms. The fraction of sp³-hybridized carbons (Fsp3) is 0.625. The summed E-state index contributed by atoms with van der Waals surface area (Å²) in [5, 5.41) is 0. The zero-order chi connectivity index (χ0) is 17.2. The van der Waals surface area contributed by atoms with Crippen LogP contribution in [0.2, 0.25) is 0 Å². The molecule has 0 fully saturated rings. The molecule has 0 radical (unpaired) electrons. The van der Waals surface area contributed by atoms with Gasteiger partial charge in [-0.1, -0.05) is 38.5 Å². The Hall–Kier alpha value is -0.693. The van der Waals surface area contributed by atoms with Gasteiger partial charge in [0.2, 0.25) is 0 Å². The highest BCUT2D eigenvalue weighted by atomic mass is 32.2.